The van der Waals surface area contributed by atoms with Gasteiger partial charge in [0.15, 0.2) is 5.13 Å². The fourth-order valence-corrected chi connectivity index (χ4v) is 2.46. The lowest BCUT2D eigenvalue weighted by molar-refractivity contribution is 0.613. The second kappa shape index (κ2) is 4.28. The monoisotopic (exact) mass is 286 g/mol. The average Bonchev–Trinajstić information content (AvgIpc) is 2.58. The summed E-state index contributed by atoms with van der Waals surface area (Å²) in [6.07, 6.45) is 2.20. The van der Waals surface area contributed by atoms with Gasteiger partial charge in [0.1, 0.15) is 5.82 Å². The number of thiazole rings is 1. The van der Waals surface area contributed by atoms with Gasteiger partial charge in [-0.3, -0.25) is 0 Å². The molecule has 0 spiro atoms. The average molecular weight is 287 g/mol. The molecule has 1 aromatic carbocycles. The first-order chi connectivity index (χ1) is 7.16. The van der Waals surface area contributed by atoms with Crippen LogP contribution < -0.4 is 5.73 Å². The predicted molar refractivity (Wildman–Crippen MR) is 63.4 cm³/mol. The summed E-state index contributed by atoms with van der Waals surface area (Å²) >= 11 is 4.70. The molecule has 0 radical (unpaired) electrons. The van der Waals surface area contributed by atoms with E-state index < -0.39 is 0 Å². The Labute approximate surface area is 99.1 Å². The fourth-order valence-electron chi connectivity index (χ4n) is 1.28. The van der Waals surface area contributed by atoms with Gasteiger partial charge >= 0.3 is 0 Å². The second-order valence-corrected chi connectivity index (χ2v) is 5.04. The third-order valence-corrected chi connectivity index (χ3v) is 3.55. The van der Waals surface area contributed by atoms with Crippen LogP contribution in [0.5, 0.6) is 0 Å². The first kappa shape index (κ1) is 10.6. The molecule has 5 heteroatoms. The van der Waals surface area contributed by atoms with E-state index >= 15 is 0 Å². The number of rotatable bonds is 2. The number of nitrogens with two attached hydrogens (primary N) is 1. The minimum absolute atomic E-state index is 0.212. The maximum absolute atomic E-state index is 13.5. The van der Waals surface area contributed by atoms with Crippen LogP contribution in [0.25, 0.3) is 0 Å². The summed E-state index contributed by atoms with van der Waals surface area (Å²) in [5.41, 5.74) is 6.15. The molecule has 15 heavy (non-hydrogen) atoms. The first-order valence-corrected chi connectivity index (χ1v) is 5.91. The van der Waals surface area contributed by atoms with Crippen molar-refractivity contribution in [2.45, 2.75) is 6.42 Å². The number of benzene rings is 1. The molecule has 0 fully saturated rings. The molecule has 78 valence electrons. The molecule has 0 saturated carbocycles. The van der Waals surface area contributed by atoms with Gasteiger partial charge in [-0.1, -0.05) is 22.0 Å². The van der Waals surface area contributed by atoms with Crippen LogP contribution in [0.2, 0.25) is 0 Å². The maximum atomic E-state index is 13.5. The van der Waals surface area contributed by atoms with Crippen molar-refractivity contribution in [3.8, 4) is 0 Å². The molecule has 2 rings (SSSR count). The molecule has 2 nitrogen and oxygen atoms in total. The highest BCUT2D eigenvalue weighted by atomic mass is 79.9. The van der Waals surface area contributed by atoms with Crippen molar-refractivity contribution in [2.24, 2.45) is 0 Å². The quantitative estimate of drug-likeness (QED) is 0.921. The van der Waals surface area contributed by atoms with E-state index in [9.17, 15) is 4.39 Å². The van der Waals surface area contributed by atoms with Crippen molar-refractivity contribution < 1.29 is 4.39 Å². The van der Waals surface area contributed by atoms with Gasteiger partial charge in [0.2, 0.25) is 0 Å². The molecule has 2 N–H and O–H groups in total. The summed E-state index contributed by atoms with van der Waals surface area (Å²) < 4.78 is 14.2. The van der Waals surface area contributed by atoms with Crippen LogP contribution in [0.4, 0.5) is 9.52 Å². The van der Waals surface area contributed by atoms with Crippen molar-refractivity contribution in [3.05, 3.63) is 45.1 Å². The van der Waals surface area contributed by atoms with Crippen LogP contribution in [0.1, 0.15) is 10.4 Å². The zero-order valence-electron chi connectivity index (χ0n) is 7.71. The molecule has 0 atom stereocenters. The highest BCUT2D eigenvalue weighted by molar-refractivity contribution is 9.10. The number of nitrogen functional groups attached to an aromatic ring is 1. The number of aromatic nitrogens is 1. The van der Waals surface area contributed by atoms with Gasteiger partial charge in [0, 0.05) is 27.5 Å². The Morgan fingerprint density at radius 2 is 2.27 bits per heavy atom. The van der Waals surface area contributed by atoms with Crippen molar-refractivity contribution in [1.29, 1.82) is 0 Å². The minimum Gasteiger partial charge on any atom is -0.375 e. The SMILES string of the molecule is Nc1ncc(Cc2c(F)cccc2Br)s1. The van der Waals surface area contributed by atoms with E-state index in [-0.39, 0.29) is 5.82 Å². The molecular weight excluding hydrogens is 279 g/mol. The number of anilines is 1. The molecule has 0 aliphatic carbocycles. The molecule has 0 amide bonds. The summed E-state index contributed by atoms with van der Waals surface area (Å²) in [4.78, 5) is 4.89. The Kier molecular flexibility index (Phi) is 3.02. The van der Waals surface area contributed by atoms with Crippen LogP contribution in [-0.2, 0) is 6.42 Å². The topological polar surface area (TPSA) is 38.9 Å². The second-order valence-electron chi connectivity index (χ2n) is 3.04. The largest absolute Gasteiger partial charge is 0.375 e. The standard InChI is InChI=1S/C10H8BrFN2S/c11-8-2-1-3-9(12)7(8)4-6-5-14-10(13)15-6/h1-3,5H,4H2,(H2,13,14). The van der Waals surface area contributed by atoms with Crippen molar-refractivity contribution in [2.75, 3.05) is 5.73 Å². The van der Waals surface area contributed by atoms with Gasteiger partial charge < -0.3 is 5.73 Å². The zero-order valence-corrected chi connectivity index (χ0v) is 10.1. The Morgan fingerprint density at radius 1 is 1.47 bits per heavy atom. The molecule has 2 aromatic rings. The van der Waals surface area contributed by atoms with Crippen LogP contribution in [0, 0.1) is 5.82 Å². The zero-order chi connectivity index (χ0) is 10.8. The lowest BCUT2D eigenvalue weighted by Crippen LogP contribution is -1.91. The minimum atomic E-state index is -0.212. The predicted octanol–water partition coefficient (Wildman–Crippen LogP) is 3.22. The summed E-state index contributed by atoms with van der Waals surface area (Å²) in [5.74, 6) is -0.212. The van der Waals surface area contributed by atoms with E-state index in [1.54, 1.807) is 12.3 Å². The Hall–Kier alpha value is -0.940. The van der Waals surface area contributed by atoms with Crippen molar-refractivity contribution in [1.82, 2.24) is 4.98 Å². The van der Waals surface area contributed by atoms with E-state index in [1.165, 1.54) is 17.4 Å². The first-order valence-electron chi connectivity index (χ1n) is 4.30. The molecule has 1 heterocycles. The Morgan fingerprint density at radius 3 is 2.87 bits per heavy atom. The van der Waals surface area contributed by atoms with Crippen LogP contribution >= 0.6 is 27.3 Å². The van der Waals surface area contributed by atoms with Crippen LogP contribution in [0.3, 0.4) is 0 Å². The van der Waals surface area contributed by atoms with Gasteiger partial charge in [-0.25, -0.2) is 9.37 Å². The summed E-state index contributed by atoms with van der Waals surface area (Å²) in [6.45, 7) is 0. The molecule has 0 unspecified atom stereocenters. The van der Waals surface area contributed by atoms with Gasteiger partial charge in [-0.05, 0) is 12.1 Å². The number of nitrogens with zero attached hydrogens (tertiary/aromatic N) is 1. The van der Waals surface area contributed by atoms with E-state index in [0.29, 0.717) is 17.1 Å². The highest BCUT2D eigenvalue weighted by Crippen LogP contribution is 2.25. The van der Waals surface area contributed by atoms with E-state index in [1.807, 2.05) is 6.07 Å². The number of hydrogen-bond donors (Lipinski definition) is 1. The molecule has 0 bridgehead atoms. The third kappa shape index (κ3) is 2.35. The van der Waals surface area contributed by atoms with Crippen molar-refractivity contribution in [3.63, 3.8) is 0 Å². The molecular formula is C10H8BrFN2S. The summed E-state index contributed by atoms with van der Waals surface area (Å²) in [5, 5.41) is 0.512. The number of halogens is 2. The summed E-state index contributed by atoms with van der Waals surface area (Å²) in [7, 11) is 0. The van der Waals surface area contributed by atoms with Gasteiger partial charge in [-0.2, -0.15) is 0 Å². The van der Waals surface area contributed by atoms with Gasteiger partial charge in [0.05, 0.1) is 0 Å². The fraction of sp³-hybridized carbons (Fsp3) is 0.100. The van der Waals surface area contributed by atoms with Gasteiger partial charge in [-0.15, -0.1) is 11.3 Å². The lowest BCUT2D eigenvalue weighted by atomic mass is 10.1. The lowest BCUT2D eigenvalue weighted by Gasteiger charge is -2.03. The third-order valence-electron chi connectivity index (χ3n) is 1.98. The van der Waals surface area contributed by atoms with E-state index in [2.05, 4.69) is 20.9 Å². The van der Waals surface area contributed by atoms with Crippen LogP contribution in [-0.4, -0.2) is 4.98 Å². The molecule has 1 aromatic heterocycles. The number of hydrogen-bond acceptors (Lipinski definition) is 3. The highest BCUT2D eigenvalue weighted by Gasteiger charge is 2.08. The molecule has 0 saturated heterocycles. The smallest absolute Gasteiger partial charge is 0.180 e. The van der Waals surface area contributed by atoms with Gasteiger partial charge in [0.25, 0.3) is 0 Å². The van der Waals surface area contributed by atoms with E-state index in [0.717, 1.165) is 9.35 Å². The molecule has 0 aliphatic heterocycles. The Balaban J connectivity index is 2.31. The van der Waals surface area contributed by atoms with Crippen LogP contribution in [0.15, 0.2) is 28.9 Å². The maximum Gasteiger partial charge on any atom is 0.180 e. The normalized spacial score (nSPS) is 10.5. The molecule has 0 aliphatic rings. The van der Waals surface area contributed by atoms with E-state index in [4.69, 9.17) is 5.73 Å². The summed E-state index contributed by atoms with van der Waals surface area (Å²) in [6, 6.07) is 4.94. The Bertz CT molecular complexity index is 464. The van der Waals surface area contributed by atoms with Crippen molar-refractivity contribution >= 4 is 32.4 Å².